The first-order valence-corrected chi connectivity index (χ1v) is 3.75. The molecule has 1 aromatic heterocycles. The van der Waals surface area contributed by atoms with Crippen molar-refractivity contribution in [3.05, 3.63) is 17.7 Å². The van der Waals surface area contributed by atoms with Crippen LogP contribution in [-0.4, -0.2) is 15.6 Å². The van der Waals surface area contributed by atoms with Gasteiger partial charge in [0.05, 0.1) is 6.20 Å². The monoisotopic (exact) mass is 170 g/mol. The van der Waals surface area contributed by atoms with E-state index in [1.54, 1.807) is 20.9 Å². The van der Waals surface area contributed by atoms with E-state index in [-0.39, 0.29) is 17.4 Å². The SMILES string of the molecule is CC(C)C(=O)c1c(F)cnn1C. The zero-order valence-corrected chi connectivity index (χ0v) is 7.34. The number of carbonyl (C=O) groups is 1. The van der Waals surface area contributed by atoms with Crippen LogP contribution >= 0.6 is 0 Å². The minimum Gasteiger partial charge on any atom is -0.292 e. The summed E-state index contributed by atoms with van der Waals surface area (Å²) in [5.74, 6) is -0.960. The third-order valence-corrected chi connectivity index (χ3v) is 1.65. The Morgan fingerprint density at radius 1 is 1.67 bits per heavy atom. The molecular formula is C8H11FN2O. The molecule has 1 aromatic rings. The Bertz CT molecular complexity index is 285. The molecule has 4 heteroatoms. The van der Waals surface area contributed by atoms with Crippen LogP contribution in [0.25, 0.3) is 0 Å². The van der Waals surface area contributed by atoms with Crippen molar-refractivity contribution >= 4 is 5.78 Å². The van der Waals surface area contributed by atoms with Crippen LogP contribution in [0.4, 0.5) is 4.39 Å². The molecule has 0 aliphatic rings. The Hall–Kier alpha value is -1.19. The number of ketones is 1. The Morgan fingerprint density at radius 3 is 2.58 bits per heavy atom. The lowest BCUT2D eigenvalue weighted by molar-refractivity contribution is 0.0925. The summed E-state index contributed by atoms with van der Waals surface area (Å²) in [7, 11) is 1.55. The third kappa shape index (κ3) is 1.37. The summed E-state index contributed by atoms with van der Waals surface area (Å²) in [6.07, 6.45) is 1.05. The number of aryl methyl sites for hydroxylation is 1. The molecular weight excluding hydrogens is 159 g/mol. The van der Waals surface area contributed by atoms with E-state index >= 15 is 0 Å². The maximum absolute atomic E-state index is 12.9. The van der Waals surface area contributed by atoms with Gasteiger partial charge in [-0.15, -0.1) is 0 Å². The van der Waals surface area contributed by atoms with Gasteiger partial charge >= 0.3 is 0 Å². The zero-order valence-electron chi connectivity index (χ0n) is 7.34. The molecule has 0 saturated carbocycles. The summed E-state index contributed by atoms with van der Waals surface area (Å²) in [5, 5.41) is 3.64. The van der Waals surface area contributed by atoms with Crippen molar-refractivity contribution in [2.45, 2.75) is 13.8 Å². The number of nitrogens with zero attached hydrogens (tertiary/aromatic N) is 2. The predicted molar refractivity (Wildman–Crippen MR) is 42.3 cm³/mol. The lowest BCUT2D eigenvalue weighted by atomic mass is 10.1. The number of hydrogen-bond acceptors (Lipinski definition) is 2. The van der Waals surface area contributed by atoms with Gasteiger partial charge in [0, 0.05) is 13.0 Å². The molecule has 0 radical (unpaired) electrons. The molecule has 3 nitrogen and oxygen atoms in total. The Kier molecular flexibility index (Phi) is 2.26. The van der Waals surface area contributed by atoms with E-state index < -0.39 is 5.82 Å². The molecule has 0 unspecified atom stereocenters. The van der Waals surface area contributed by atoms with Gasteiger partial charge in [-0.05, 0) is 0 Å². The Morgan fingerprint density at radius 2 is 2.25 bits per heavy atom. The number of hydrogen-bond donors (Lipinski definition) is 0. The molecule has 1 rings (SSSR count). The van der Waals surface area contributed by atoms with Gasteiger partial charge in [-0.25, -0.2) is 4.39 Å². The van der Waals surface area contributed by atoms with Crippen LogP contribution in [-0.2, 0) is 7.05 Å². The van der Waals surface area contributed by atoms with Crippen LogP contribution in [0, 0.1) is 11.7 Å². The molecule has 0 N–H and O–H groups in total. The Labute approximate surface area is 70.2 Å². The number of rotatable bonds is 2. The lowest BCUT2D eigenvalue weighted by Gasteiger charge is -2.03. The van der Waals surface area contributed by atoms with Gasteiger partial charge in [0.25, 0.3) is 0 Å². The molecule has 1 heterocycles. The summed E-state index contributed by atoms with van der Waals surface area (Å²) in [6.45, 7) is 3.46. The van der Waals surface area contributed by atoms with Gasteiger partial charge in [-0.2, -0.15) is 5.10 Å². The number of halogens is 1. The van der Waals surface area contributed by atoms with E-state index in [2.05, 4.69) is 5.10 Å². The highest BCUT2D eigenvalue weighted by Gasteiger charge is 2.19. The minimum absolute atomic E-state index is 0.0602. The van der Waals surface area contributed by atoms with Crippen molar-refractivity contribution in [1.82, 2.24) is 9.78 Å². The molecule has 0 amide bonds. The highest BCUT2D eigenvalue weighted by molar-refractivity contribution is 5.96. The largest absolute Gasteiger partial charge is 0.292 e. The van der Waals surface area contributed by atoms with Crippen molar-refractivity contribution in [2.24, 2.45) is 13.0 Å². The fraction of sp³-hybridized carbons (Fsp3) is 0.500. The van der Waals surface area contributed by atoms with Crippen molar-refractivity contribution < 1.29 is 9.18 Å². The van der Waals surface area contributed by atoms with Crippen LogP contribution < -0.4 is 0 Å². The van der Waals surface area contributed by atoms with Crippen LogP contribution in [0.5, 0.6) is 0 Å². The van der Waals surface area contributed by atoms with Crippen LogP contribution in [0.1, 0.15) is 24.3 Å². The summed E-state index contributed by atoms with van der Waals surface area (Å²) in [6, 6.07) is 0. The van der Waals surface area contributed by atoms with Gasteiger partial charge in [-0.1, -0.05) is 13.8 Å². The molecule has 0 fully saturated rings. The van der Waals surface area contributed by atoms with Gasteiger partial charge < -0.3 is 0 Å². The highest BCUT2D eigenvalue weighted by Crippen LogP contribution is 2.10. The topological polar surface area (TPSA) is 34.9 Å². The predicted octanol–water partition coefficient (Wildman–Crippen LogP) is 1.40. The number of aromatic nitrogens is 2. The van der Waals surface area contributed by atoms with Gasteiger partial charge in [0.15, 0.2) is 11.6 Å². The molecule has 12 heavy (non-hydrogen) atoms. The molecule has 0 aromatic carbocycles. The fourth-order valence-corrected chi connectivity index (χ4v) is 0.961. The first-order chi connectivity index (χ1) is 5.54. The van der Waals surface area contributed by atoms with E-state index in [4.69, 9.17) is 0 Å². The first kappa shape index (κ1) is 8.90. The van der Waals surface area contributed by atoms with Crippen molar-refractivity contribution in [3.8, 4) is 0 Å². The first-order valence-electron chi connectivity index (χ1n) is 3.75. The fourth-order valence-electron chi connectivity index (χ4n) is 0.961. The zero-order chi connectivity index (χ0) is 9.30. The van der Waals surface area contributed by atoms with Gasteiger partial charge in [0.2, 0.25) is 0 Å². The minimum atomic E-state index is -0.545. The van der Waals surface area contributed by atoms with Crippen molar-refractivity contribution in [2.75, 3.05) is 0 Å². The van der Waals surface area contributed by atoms with Crippen molar-refractivity contribution in [3.63, 3.8) is 0 Å². The average molecular weight is 170 g/mol. The summed E-state index contributed by atoms with van der Waals surface area (Å²) in [5.41, 5.74) is 0.0602. The molecule has 0 aliphatic carbocycles. The second-order valence-corrected chi connectivity index (χ2v) is 2.98. The van der Waals surface area contributed by atoms with E-state index in [1.165, 1.54) is 4.68 Å². The number of Topliss-reactive ketones (excluding diaryl/α,β-unsaturated/α-hetero) is 1. The van der Waals surface area contributed by atoms with E-state index in [0.29, 0.717) is 0 Å². The van der Waals surface area contributed by atoms with E-state index in [0.717, 1.165) is 6.20 Å². The standard InChI is InChI=1S/C8H11FN2O/c1-5(2)8(12)7-6(9)4-10-11(7)3/h4-5H,1-3H3. The molecule has 66 valence electrons. The smallest absolute Gasteiger partial charge is 0.186 e. The molecule has 0 atom stereocenters. The van der Waals surface area contributed by atoms with Crippen LogP contribution in [0.15, 0.2) is 6.20 Å². The molecule has 0 aliphatic heterocycles. The number of carbonyl (C=O) groups excluding carboxylic acids is 1. The van der Waals surface area contributed by atoms with Gasteiger partial charge in [0.1, 0.15) is 5.69 Å². The second-order valence-electron chi connectivity index (χ2n) is 2.98. The van der Waals surface area contributed by atoms with Crippen LogP contribution in [0.2, 0.25) is 0 Å². The summed E-state index contributed by atoms with van der Waals surface area (Å²) >= 11 is 0. The van der Waals surface area contributed by atoms with Gasteiger partial charge in [-0.3, -0.25) is 9.48 Å². The van der Waals surface area contributed by atoms with Crippen molar-refractivity contribution in [1.29, 1.82) is 0 Å². The Balaban J connectivity index is 3.09. The molecule has 0 spiro atoms. The summed E-state index contributed by atoms with van der Waals surface area (Å²) in [4.78, 5) is 11.3. The maximum Gasteiger partial charge on any atom is 0.186 e. The van der Waals surface area contributed by atoms with E-state index in [9.17, 15) is 9.18 Å². The maximum atomic E-state index is 12.9. The highest BCUT2D eigenvalue weighted by atomic mass is 19.1. The third-order valence-electron chi connectivity index (χ3n) is 1.65. The summed E-state index contributed by atoms with van der Waals surface area (Å²) < 4.78 is 14.2. The molecule has 0 bridgehead atoms. The molecule has 0 saturated heterocycles. The van der Waals surface area contributed by atoms with E-state index in [1.807, 2.05) is 0 Å². The van der Waals surface area contributed by atoms with Crippen LogP contribution in [0.3, 0.4) is 0 Å². The lowest BCUT2D eigenvalue weighted by Crippen LogP contribution is -2.14. The second kappa shape index (κ2) is 3.05. The average Bonchev–Trinajstić information content (AvgIpc) is 2.30. The normalized spacial score (nSPS) is 10.8. The quantitative estimate of drug-likeness (QED) is 0.629.